The van der Waals surface area contributed by atoms with Crippen molar-refractivity contribution in [1.82, 2.24) is 15.0 Å². The summed E-state index contributed by atoms with van der Waals surface area (Å²) >= 11 is 0. The Labute approximate surface area is 112 Å². The van der Waals surface area contributed by atoms with Gasteiger partial charge < -0.3 is 24.8 Å². The molecule has 19 heavy (non-hydrogen) atoms. The molecule has 1 aromatic rings. The Bertz CT molecular complexity index is 415. The number of nitrogens with two attached hydrogens (primary N) is 1. The fourth-order valence-corrected chi connectivity index (χ4v) is 1.50. The molecule has 9 heteroatoms. The van der Waals surface area contributed by atoms with Crippen LogP contribution in [-0.4, -0.2) is 63.5 Å². The first-order chi connectivity index (χ1) is 8.90. The molecule has 0 aliphatic carbocycles. The number of nitrogen functional groups attached to an aromatic ring is 1. The normalized spacial score (nSPS) is 11.5. The zero-order valence-electron chi connectivity index (χ0n) is 12.0. The quantitative estimate of drug-likeness (QED) is 0.687. The van der Waals surface area contributed by atoms with Gasteiger partial charge in [0, 0.05) is 42.5 Å². The van der Waals surface area contributed by atoms with Crippen LogP contribution in [0, 0.1) is 0 Å². The van der Waals surface area contributed by atoms with Gasteiger partial charge in [-0.15, -0.1) is 0 Å². The first-order valence-electron chi connectivity index (χ1n) is 5.48. The van der Waals surface area contributed by atoms with Crippen LogP contribution < -0.4 is 15.5 Å². The van der Waals surface area contributed by atoms with E-state index >= 15 is 0 Å². The van der Waals surface area contributed by atoms with E-state index in [9.17, 15) is 0 Å². The molecule has 0 fully saturated rings. The lowest BCUT2D eigenvalue weighted by Crippen LogP contribution is -2.52. The zero-order valence-corrected chi connectivity index (χ0v) is 12.0. The molecule has 0 aliphatic heterocycles. The van der Waals surface area contributed by atoms with Crippen LogP contribution in [0.15, 0.2) is 0 Å². The first-order valence-corrected chi connectivity index (χ1v) is 5.48. The third-order valence-electron chi connectivity index (χ3n) is 2.51. The van der Waals surface area contributed by atoms with Gasteiger partial charge in [-0.05, 0) is 0 Å². The summed E-state index contributed by atoms with van der Waals surface area (Å²) in [4.78, 5) is 15.5. The molecular weight excluding hydrogens is 252 g/mol. The topological polar surface area (TPSA) is 98.9 Å². The highest BCUT2D eigenvalue weighted by molar-refractivity contribution is 5.42. The Balaban J connectivity index is 3.21. The number of anilines is 3. The van der Waals surface area contributed by atoms with Crippen molar-refractivity contribution in [2.75, 3.05) is 58.0 Å². The van der Waals surface area contributed by atoms with E-state index in [2.05, 4.69) is 15.0 Å². The van der Waals surface area contributed by atoms with Gasteiger partial charge in [0.15, 0.2) is 0 Å². The van der Waals surface area contributed by atoms with Crippen LogP contribution in [0.5, 0.6) is 0 Å². The van der Waals surface area contributed by atoms with Gasteiger partial charge in [0.2, 0.25) is 17.8 Å². The standard InChI is InChI=1S/C10H20N6O3/c1-15(2)8-12-7(11)13-9(14-8)16(3)10(17-4,18-5)19-6/h1-6H3,(H2,11,12,13,14). The molecule has 0 spiro atoms. The maximum Gasteiger partial charge on any atom is 0.378 e. The zero-order chi connectivity index (χ0) is 14.6. The van der Waals surface area contributed by atoms with E-state index in [1.807, 2.05) is 0 Å². The van der Waals surface area contributed by atoms with Crippen molar-refractivity contribution in [1.29, 1.82) is 0 Å². The van der Waals surface area contributed by atoms with Gasteiger partial charge >= 0.3 is 6.10 Å². The average molecular weight is 272 g/mol. The number of hydrogen-bond acceptors (Lipinski definition) is 9. The van der Waals surface area contributed by atoms with Crippen molar-refractivity contribution in [2.24, 2.45) is 0 Å². The van der Waals surface area contributed by atoms with Crippen molar-refractivity contribution >= 4 is 17.8 Å². The molecule has 1 aromatic heterocycles. The summed E-state index contributed by atoms with van der Waals surface area (Å²) in [5.74, 6) is 0.783. The molecule has 1 heterocycles. The second-order valence-corrected chi connectivity index (χ2v) is 3.88. The minimum atomic E-state index is -1.43. The Hall–Kier alpha value is -1.71. The van der Waals surface area contributed by atoms with E-state index in [0.29, 0.717) is 5.95 Å². The number of methoxy groups -OCH3 is 3. The third-order valence-corrected chi connectivity index (χ3v) is 2.51. The minimum Gasteiger partial charge on any atom is -0.368 e. The monoisotopic (exact) mass is 272 g/mol. The molecule has 0 bridgehead atoms. The summed E-state index contributed by atoms with van der Waals surface area (Å²) in [6.45, 7) is 0. The second-order valence-electron chi connectivity index (χ2n) is 3.88. The Kier molecular flexibility index (Phi) is 4.81. The first kappa shape index (κ1) is 15.3. The molecule has 0 saturated carbocycles. The van der Waals surface area contributed by atoms with Crippen molar-refractivity contribution in [3.05, 3.63) is 0 Å². The summed E-state index contributed by atoms with van der Waals surface area (Å²) in [6, 6.07) is 0. The summed E-state index contributed by atoms with van der Waals surface area (Å²) in [5, 5.41) is 0. The lowest BCUT2D eigenvalue weighted by Gasteiger charge is -2.36. The molecule has 0 amide bonds. The molecule has 108 valence electrons. The molecule has 0 radical (unpaired) electrons. The maximum absolute atomic E-state index is 5.66. The lowest BCUT2D eigenvalue weighted by atomic mass is 10.6. The SMILES string of the molecule is COC(OC)(OC)N(C)c1nc(N)nc(N(C)C)n1. The minimum absolute atomic E-state index is 0.0951. The van der Waals surface area contributed by atoms with E-state index in [-0.39, 0.29) is 11.9 Å². The smallest absolute Gasteiger partial charge is 0.368 e. The van der Waals surface area contributed by atoms with Gasteiger partial charge in [0.1, 0.15) is 0 Å². The van der Waals surface area contributed by atoms with Crippen LogP contribution in [0.3, 0.4) is 0 Å². The number of ether oxygens (including phenoxy) is 3. The predicted octanol–water partition coefficient (Wildman–Crippen LogP) is -0.493. The molecular formula is C10H20N6O3. The van der Waals surface area contributed by atoms with Crippen LogP contribution in [0.4, 0.5) is 17.8 Å². The van der Waals surface area contributed by atoms with Crippen LogP contribution in [-0.2, 0) is 14.2 Å². The van der Waals surface area contributed by atoms with Gasteiger partial charge in [-0.2, -0.15) is 15.0 Å². The Morgan fingerprint density at radius 1 is 0.895 bits per heavy atom. The highest BCUT2D eigenvalue weighted by Crippen LogP contribution is 2.23. The molecule has 0 unspecified atom stereocenters. The van der Waals surface area contributed by atoms with Gasteiger partial charge in [-0.25, -0.2) is 0 Å². The van der Waals surface area contributed by atoms with E-state index in [1.54, 1.807) is 26.0 Å². The summed E-state index contributed by atoms with van der Waals surface area (Å²) < 4.78 is 15.7. The van der Waals surface area contributed by atoms with Crippen LogP contribution in [0.1, 0.15) is 0 Å². The summed E-state index contributed by atoms with van der Waals surface area (Å²) in [5.41, 5.74) is 5.66. The van der Waals surface area contributed by atoms with Gasteiger partial charge in [0.05, 0.1) is 0 Å². The highest BCUT2D eigenvalue weighted by atomic mass is 16.9. The third kappa shape index (κ3) is 3.00. The summed E-state index contributed by atoms with van der Waals surface area (Å²) in [6.07, 6.45) is -1.43. The van der Waals surface area contributed by atoms with Crippen molar-refractivity contribution in [3.8, 4) is 0 Å². The van der Waals surface area contributed by atoms with E-state index < -0.39 is 6.10 Å². The molecule has 0 atom stereocenters. The maximum atomic E-state index is 5.66. The fourth-order valence-electron chi connectivity index (χ4n) is 1.50. The van der Waals surface area contributed by atoms with Gasteiger partial charge in [-0.3, -0.25) is 4.90 Å². The van der Waals surface area contributed by atoms with Gasteiger partial charge in [0.25, 0.3) is 0 Å². The van der Waals surface area contributed by atoms with Crippen molar-refractivity contribution < 1.29 is 14.2 Å². The van der Waals surface area contributed by atoms with Gasteiger partial charge in [-0.1, -0.05) is 0 Å². The van der Waals surface area contributed by atoms with Crippen LogP contribution in [0.25, 0.3) is 0 Å². The molecule has 0 aromatic carbocycles. The highest BCUT2D eigenvalue weighted by Gasteiger charge is 2.38. The molecule has 1 rings (SSSR count). The Morgan fingerprint density at radius 3 is 1.79 bits per heavy atom. The average Bonchev–Trinajstić information content (AvgIpc) is 2.40. The molecule has 2 N–H and O–H groups in total. The number of nitrogens with zero attached hydrogens (tertiary/aromatic N) is 5. The van der Waals surface area contributed by atoms with Crippen LogP contribution in [0.2, 0.25) is 0 Å². The van der Waals surface area contributed by atoms with E-state index in [1.165, 1.54) is 26.2 Å². The molecule has 9 nitrogen and oxygen atoms in total. The number of rotatable bonds is 6. The van der Waals surface area contributed by atoms with E-state index in [0.717, 1.165) is 0 Å². The molecule has 0 aliphatic rings. The van der Waals surface area contributed by atoms with Crippen LogP contribution >= 0.6 is 0 Å². The molecule has 0 saturated heterocycles. The summed E-state index contributed by atoms with van der Waals surface area (Å²) in [7, 11) is 9.59. The predicted molar refractivity (Wildman–Crippen MR) is 70.7 cm³/mol. The van der Waals surface area contributed by atoms with E-state index in [4.69, 9.17) is 19.9 Å². The second kappa shape index (κ2) is 5.95. The Morgan fingerprint density at radius 2 is 1.37 bits per heavy atom. The fraction of sp³-hybridized carbons (Fsp3) is 0.700. The number of hydrogen-bond donors (Lipinski definition) is 1. The van der Waals surface area contributed by atoms with Crippen molar-refractivity contribution in [2.45, 2.75) is 6.10 Å². The largest absolute Gasteiger partial charge is 0.378 e. The lowest BCUT2D eigenvalue weighted by molar-refractivity contribution is -0.349. The number of aromatic nitrogens is 3. The van der Waals surface area contributed by atoms with Crippen molar-refractivity contribution in [3.63, 3.8) is 0 Å².